The van der Waals surface area contributed by atoms with E-state index in [0.717, 1.165) is 30.5 Å². The standard InChI is InChI=1S/C14H21BrN2/c15-13-4-2-12(3-5-13)6-9-17-11-14(10-16)7-1-8-14/h2-5,17H,1,6-11,16H2. The van der Waals surface area contributed by atoms with E-state index >= 15 is 0 Å². The van der Waals surface area contributed by atoms with Crippen LogP contribution in [0.4, 0.5) is 0 Å². The molecule has 94 valence electrons. The maximum atomic E-state index is 5.83. The van der Waals surface area contributed by atoms with Crippen molar-refractivity contribution >= 4 is 15.9 Å². The van der Waals surface area contributed by atoms with Crippen LogP contribution in [0.1, 0.15) is 24.8 Å². The predicted octanol–water partition coefficient (Wildman–Crippen LogP) is 2.71. The molecule has 3 heteroatoms. The van der Waals surface area contributed by atoms with Crippen LogP contribution in [0.5, 0.6) is 0 Å². The van der Waals surface area contributed by atoms with Crippen LogP contribution in [0, 0.1) is 5.41 Å². The van der Waals surface area contributed by atoms with Crippen LogP contribution >= 0.6 is 15.9 Å². The summed E-state index contributed by atoms with van der Waals surface area (Å²) >= 11 is 3.45. The van der Waals surface area contributed by atoms with Crippen LogP contribution in [0.25, 0.3) is 0 Å². The first-order chi connectivity index (χ1) is 8.24. The Balaban J connectivity index is 1.67. The molecule has 1 aromatic rings. The topological polar surface area (TPSA) is 38.0 Å². The minimum Gasteiger partial charge on any atom is -0.330 e. The van der Waals surface area contributed by atoms with Gasteiger partial charge in [-0.3, -0.25) is 0 Å². The Kier molecular flexibility index (Phi) is 4.60. The average molecular weight is 297 g/mol. The van der Waals surface area contributed by atoms with Crippen molar-refractivity contribution in [1.29, 1.82) is 0 Å². The second-order valence-electron chi connectivity index (χ2n) is 5.11. The van der Waals surface area contributed by atoms with E-state index in [1.165, 1.54) is 24.8 Å². The Bertz CT molecular complexity index is 338. The summed E-state index contributed by atoms with van der Waals surface area (Å²) in [4.78, 5) is 0. The molecule has 2 nitrogen and oxygen atoms in total. The van der Waals surface area contributed by atoms with E-state index in [9.17, 15) is 0 Å². The van der Waals surface area contributed by atoms with E-state index in [-0.39, 0.29) is 0 Å². The molecule has 1 fully saturated rings. The van der Waals surface area contributed by atoms with Crippen LogP contribution < -0.4 is 11.1 Å². The number of benzene rings is 1. The number of rotatable bonds is 6. The first-order valence-electron chi connectivity index (χ1n) is 6.39. The second-order valence-corrected chi connectivity index (χ2v) is 6.03. The van der Waals surface area contributed by atoms with Gasteiger partial charge in [0.2, 0.25) is 0 Å². The van der Waals surface area contributed by atoms with Crippen molar-refractivity contribution < 1.29 is 0 Å². The van der Waals surface area contributed by atoms with Gasteiger partial charge in [-0.25, -0.2) is 0 Å². The fraction of sp³-hybridized carbons (Fsp3) is 0.571. The highest BCUT2D eigenvalue weighted by Gasteiger charge is 2.34. The normalized spacial score (nSPS) is 17.8. The number of halogens is 1. The zero-order chi connectivity index (χ0) is 12.1. The summed E-state index contributed by atoms with van der Waals surface area (Å²) in [5.74, 6) is 0. The van der Waals surface area contributed by atoms with Crippen LogP contribution in [0.3, 0.4) is 0 Å². The van der Waals surface area contributed by atoms with Gasteiger partial charge in [0.1, 0.15) is 0 Å². The summed E-state index contributed by atoms with van der Waals surface area (Å²) in [6, 6.07) is 8.55. The lowest BCUT2D eigenvalue weighted by atomic mass is 9.69. The molecule has 1 saturated carbocycles. The lowest BCUT2D eigenvalue weighted by Crippen LogP contribution is -2.45. The van der Waals surface area contributed by atoms with E-state index in [4.69, 9.17) is 5.73 Å². The van der Waals surface area contributed by atoms with Crippen molar-refractivity contribution in [3.8, 4) is 0 Å². The quantitative estimate of drug-likeness (QED) is 0.792. The molecule has 1 aliphatic rings. The van der Waals surface area contributed by atoms with Crippen LogP contribution in [-0.4, -0.2) is 19.6 Å². The summed E-state index contributed by atoms with van der Waals surface area (Å²) in [6.07, 6.45) is 5.04. The molecule has 0 unspecified atom stereocenters. The third-order valence-corrected chi connectivity index (χ3v) is 4.38. The summed E-state index contributed by atoms with van der Waals surface area (Å²) in [5.41, 5.74) is 7.64. The summed E-state index contributed by atoms with van der Waals surface area (Å²) in [6.45, 7) is 2.96. The fourth-order valence-corrected chi connectivity index (χ4v) is 2.63. The largest absolute Gasteiger partial charge is 0.330 e. The Morgan fingerprint density at radius 3 is 2.47 bits per heavy atom. The van der Waals surface area contributed by atoms with Gasteiger partial charge in [0.05, 0.1) is 0 Å². The number of hydrogen-bond donors (Lipinski definition) is 2. The minimum atomic E-state index is 0.416. The molecule has 3 N–H and O–H groups in total. The zero-order valence-corrected chi connectivity index (χ0v) is 11.8. The molecule has 0 radical (unpaired) electrons. The van der Waals surface area contributed by atoms with E-state index in [0.29, 0.717) is 5.41 Å². The van der Waals surface area contributed by atoms with E-state index < -0.39 is 0 Å². The monoisotopic (exact) mass is 296 g/mol. The number of hydrogen-bond acceptors (Lipinski definition) is 2. The minimum absolute atomic E-state index is 0.416. The Hall–Kier alpha value is -0.380. The van der Waals surface area contributed by atoms with Crippen molar-refractivity contribution in [2.24, 2.45) is 11.1 Å². The fourth-order valence-electron chi connectivity index (χ4n) is 2.37. The molecule has 1 aromatic carbocycles. The molecule has 1 aliphatic carbocycles. The molecular formula is C14H21BrN2. The lowest BCUT2D eigenvalue weighted by molar-refractivity contribution is 0.141. The lowest BCUT2D eigenvalue weighted by Gasteiger charge is -2.41. The van der Waals surface area contributed by atoms with Crippen LogP contribution in [0.15, 0.2) is 28.7 Å². The molecule has 0 heterocycles. The molecule has 0 bridgehead atoms. The average Bonchev–Trinajstić information content (AvgIpc) is 2.30. The second kappa shape index (κ2) is 5.98. The van der Waals surface area contributed by atoms with Gasteiger partial charge in [-0.15, -0.1) is 0 Å². The van der Waals surface area contributed by atoms with Crippen molar-refractivity contribution in [3.05, 3.63) is 34.3 Å². The molecule has 0 atom stereocenters. The van der Waals surface area contributed by atoms with Crippen LogP contribution in [-0.2, 0) is 6.42 Å². The van der Waals surface area contributed by atoms with Gasteiger partial charge in [0.15, 0.2) is 0 Å². The molecule has 0 aromatic heterocycles. The summed E-state index contributed by atoms with van der Waals surface area (Å²) in [5, 5.41) is 3.55. The molecule has 0 saturated heterocycles. The first kappa shape index (κ1) is 13.1. The van der Waals surface area contributed by atoms with Gasteiger partial charge in [-0.05, 0) is 55.5 Å². The highest BCUT2D eigenvalue weighted by molar-refractivity contribution is 9.10. The van der Waals surface area contributed by atoms with E-state index in [2.05, 4.69) is 45.5 Å². The van der Waals surface area contributed by atoms with Crippen molar-refractivity contribution in [1.82, 2.24) is 5.32 Å². The van der Waals surface area contributed by atoms with Gasteiger partial charge >= 0.3 is 0 Å². The number of nitrogens with one attached hydrogen (secondary N) is 1. The van der Waals surface area contributed by atoms with Gasteiger partial charge in [0, 0.05) is 11.0 Å². The van der Waals surface area contributed by atoms with Crippen molar-refractivity contribution in [2.45, 2.75) is 25.7 Å². The predicted molar refractivity (Wildman–Crippen MR) is 76.1 cm³/mol. The molecule has 17 heavy (non-hydrogen) atoms. The summed E-state index contributed by atoms with van der Waals surface area (Å²) in [7, 11) is 0. The highest BCUT2D eigenvalue weighted by Crippen LogP contribution is 2.38. The molecule has 2 rings (SSSR count). The third kappa shape index (κ3) is 3.54. The Morgan fingerprint density at radius 2 is 1.94 bits per heavy atom. The molecule has 0 spiro atoms. The first-order valence-corrected chi connectivity index (χ1v) is 7.19. The van der Waals surface area contributed by atoms with E-state index in [1.807, 2.05) is 0 Å². The Morgan fingerprint density at radius 1 is 1.24 bits per heavy atom. The third-order valence-electron chi connectivity index (χ3n) is 3.85. The highest BCUT2D eigenvalue weighted by atomic mass is 79.9. The smallest absolute Gasteiger partial charge is 0.0175 e. The SMILES string of the molecule is NCC1(CNCCc2ccc(Br)cc2)CCC1. The van der Waals surface area contributed by atoms with Gasteiger partial charge < -0.3 is 11.1 Å². The van der Waals surface area contributed by atoms with Gasteiger partial charge in [-0.1, -0.05) is 34.5 Å². The van der Waals surface area contributed by atoms with Gasteiger partial charge in [0.25, 0.3) is 0 Å². The Labute approximate surface area is 112 Å². The van der Waals surface area contributed by atoms with Crippen LogP contribution in [0.2, 0.25) is 0 Å². The molecule has 0 aliphatic heterocycles. The van der Waals surface area contributed by atoms with Gasteiger partial charge in [-0.2, -0.15) is 0 Å². The summed E-state index contributed by atoms with van der Waals surface area (Å²) < 4.78 is 1.14. The molecular weight excluding hydrogens is 276 g/mol. The van der Waals surface area contributed by atoms with Crippen molar-refractivity contribution in [2.75, 3.05) is 19.6 Å². The number of nitrogens with two attached hydrogens (primary N) is 1. The van der Waals surface area contributed by atoms with Crippen molar-refractivity contribution in [3.63, 3.8) is 0 Å². The van der Waals surface area contributed by atoms with E-state index in [1.54, 1.807) is 0 Å². The maximum absolute atomic E-state index is 5.83. The maximum Gasteiger partial charge on any atom is 0.0175 e. The molecule has 0 amide bonds. The zero-order valence-electron chi connectivity index (χ0n) is 10.2.